The number of hydrogen-bond donors (Lipinski definition) is 1. The maximum Gasteiger partial charge on any atom is 0.255 e. The number of benzene rings is 2. The number of rotatable bonds is 3. The van der Waals surface area contributed by atoms with E-state index < -0.39 is 0 Å². The summed E-state index contributed by atoms with van der Waals surface area (Å²) in [6, 6.07) is 18.5. The van der Waals surface area contributed by atoms with E-state index in [1.807, 2.05) is 51.5 Å². The number of fused-ring (bicyclic) bond motifs is 3. The van der Waals surface area contributed by atoms with Crippen LogP contribution in [-0.4, -0.2) is 29.0 Å². The summed E-state index contributed by atoms with van der Waals surface area (Å²) in [6.45, 7) is 3.50. The highest BCUT2D eigenvalue weighted by atomic mass is 16.1. The summed E-state index contributed by atoms with van der Waals surface area (Å²) < 4.78 is 3.77. The Hall–Kier alpha value is -3.44. The summed E-state index contributed by atoms with van der Waals surface area (Å²) in [5, 5.41) is 3.77. The Morgan fingerprint density at radius 3 is 2.25 bits per heavy atom. The van der Waals surface area contributed by atoms with Gasteiger partial charge in [0.1, 0.15) is 0 Å². The second-order valence-corrected chi connectivity index (χ2v) is 6.43. The van der Waals surface area contributed by atoms with Crippen LogP contribution >= 0.6 is 0 Å². The predicted octanol–water partition coefficient (Wildman–Crippen LogP) is 3.69. The molecule has 2 heterocycles. The van der Waals surface area contributed by atoms with Crippen molar-refractivity contribution in [3.63, 3.8) is 0 Å². The molecule has 0 aliphatic carbocycles. The lowest BCUT2D eigenvalue weighted by Gasteiger charge is -2.09. The van der Waals surface area contributed by atoms with Gasteiger partial charge in [0.05, 0.1) is 16.6 Å². The van der Waals surface area contributed by atoms with Crippen molar-refractivity contribution >= 4 is 27.7 Å². The quantitative estimate of drug-likeness (QED) is 0.440. The monoisotopic (exact) mass is 373 g/mol. The second-order valence-electron chi connectivity index (χ2n) is 6.43. The van der Waals surface area contributed by atoms with E-state index in [0.717, 1.165) is 27.6 Å². The van der Waals surface area contributed by atoms with E-state index in [1.54, 1.807) is 34.9 Å². The van der Waals surface area contributed by atoms with Crippen LogP contribution in [0.1, 0.15) is 10.4 Å². The number of hydrogen-bond acceptors (Lipinski definition) is 3. The zero-order chi connectivity index (χ0) is 20.3. The number of nitrogens with zero attached hydrogens (tertiary/aromatic N) is 2. The second kappa shape index (κ2) is 8.06. The number of carbonyl (C=O) groups is 1. The third kappa shape index (κ3) is 3.28. The molecule has 2 aromatic carbocycles. The molecule has 0 aliphatic heterocycles. The van der Waals surface area contributed by atoms with E-state index in [0.29, 0.717) is 5.56 Å². The number of allylic oxidation sites excluding steroid dienone is 1. The summed E-state index contributed by atoms with van der Waals surface area (Å²) in [7, 11) is 5.74. The SMILES string of the molecule is C=CC(=O)c1ccc(-n2c(=O)ccc3c2c2ccccc2n3C)cc1.CNC. The number of nitrogens with one attached hydrogen (secondary N) is 1. The Morgan fingerprint density at radius 2 is 1.61 bits per heavy atom. The van der Waals surface area contributed by atoms with Crippen LogP contribution in [0.25, 0.3) is 27.6 Å². The first kappa shape index (κ1) is 19.3. The van der Waals surface area contributed by atoms with Crippen LogP contribution in [0, 0.1) is 0 Å². The third-order valence-electron chi connectivity index (χ3n) is 4.55. The summed E-state index contributed by atoms with van der Waals surface area (Å²) in [5.74, 6) is -0.137. The molecule has 142 valence electrons. The molecule has 0 saturated carbocycles. The molecule has 5 heteroatoms. The Bertz CT molecular complexity index is 1210. The van der Waals surface area contributed by atoms with E-state index in [1.165, 1.54) is 6.08 Å². The normalized spacial score (nSPS) is 10.5. The minimum atomic E-state index is -0.137. The number of ketones is 1. The van der Waals surface area contributed by atoms with Gasteiger partial charge in [0.25, 0.3) is 5.56 Å². The molecule has 0 spiro atoms. The van der Waals surface area contributed by atoms with Gasteiger partial charge in [0.15, 0.2) is 5.78 Å². The highest BCUT2D eigenvalue weighted by molar-refractivity contribution is 6.07. The molecule has 0 saturated heterocycles. The van der Waals surface area contributed by atoms with Crippen LogP contribution in [0.15, 0.2) is 78.1 Å². The maximum atomic E-state index is 12.6. The van der Waals surface area contributed by atoms with Gasteiger partial charge < -0.3 is 9.88 Å². The molecule has 0 bridgehead atoms. The Balaban J connectivity index is 0.000000706. The molecular weight excluding hydrogens is 350 g/mol. The van der Waals surface area contributed by atoms with E-state index in [4.69, 9.17) is 0 Å². The van der Waals surface area contributed by atoms with E-state index in [2.05, 4.69) is 16.5 Å². The molecule has 5 nitrogen and oxygen atoms in total. The van der Waals surface area contributed by atoms with Crippen LogP contribution in [0.4, 0.5) is 0 Å². The zero-order valence-electron chi connectivity index (χ0n) is 16.3. The van der Waals surface area contributed by atoms with Crippen molar-refractivity contribution in [3.8, 4) is 5.69 Å². The molecule has 28 heavy (non-hydrogen) atoms. The summed E-state index contributed by atoms with van der Waals surface area (Å²) in [5.41, 5.74) is 4.09. The minimum Gasteiger partial charge on any atom is -0.342 e. The van der Waals surface area contributed by atoms with E-state index in [9.17, 15) is 9.59 Å². The van der Waals surface area contributed by atoms with Crippen LogP contribution in [0.3, 0.4) is 0 Å². The van der Waals surface area contributed by atoms with Crippen molar-refractivity contribution in [1.29, 1.82) is 0 Å². The number of carbonyl (C=O) groups excluding carboxylic acids is 1. The first-order valence-electron chi connectivity index (χ1n) is 8.98. The molecule has 0 atom stereocenters. The Kier molecular flexibility index (Phi) is 5.57. The zero-order valence-corrected chi connectivity index (χ0v) is 16.3. The molecule has 0 aliphatic rings. The van der Waals surface area contributed by atoms with Gasteiger partial charge >= 0.3 is 0 Å². The fourth-order valence-corrected chi connectivity index (χ4v) is 3.30. The van der Waals surface area contributed by atoms with Gasteiger partial charge in [0, 0.05) is 29.8 Å². The molecule has 4 aromatic rings. The van der Waals surface area contributed by atoms with Crippen LogP contribution < -0.4 is 10.9 Å². The average Bonchev–Trinajstić information content (AvgIpc) is 3.01. The number of aryl methyl sites for hydroxylation is 1. The number of para-hydroxylation sites is 1. The molecule has 1 N–H and O–H groups in total. The minimum absolute atomic E-state index is 0.105. The average molecular weight is 373 g/mol. The van der Waals surface area contributed by atoms with Crippen molar-refractivity contribution in [2.45, 2.75) is 0 Å². The van der Waals surface area contributed by atoms with Crippen molar-refractivity contribution in [2.75, 3.05) is 14.1 Å². The highest BCUT2D eigenvalue weighted by Gasteiger charge is 2.14. The molecular formula is C23H23N3O2. The largest absolute Gasteiger partial charge is 0.342 e. The van der Waals surface area contributed by atoms with Gasteiger partial charge in [-0.1, -0.05) is 24.8 Å². The number of aromatic nitrogens is 2. The maximum absolute atomic E-state index is 12.6. The first-order valence-corrected chi connectivity index (χ1v) is 8.98. The Morgan fingerprint density at radius 1 is 0.964 bits per heavy atom. The van der Waals surface area contributed by atoms with Crippen molar-refractivity contribution in [2.24, 2.45) is 7.05 Å². The van der Waals surface area contributed by atoms with Crippen molar-refractivity contribution in [1.82, 2.24) is 14.5 Å². The van der Waals surface area contributed by atoms with Gasteiger partial charge in [-0.25, -0.2) is 0 Å². The lowest BCUT2D eigenvalue weighted by molar-refractivity contribution is 0.104. The summed E-state index contributed by atoms with van der Waals surface area (Å²) in [4.78, 5) is 24.4. The smallest absolute Gasteiger partial charge is 0.255 e. The van der Waals surface area contributed by atoms with E-state index in [-0.39, 0.29) is 11.3 Å². The van der Waals surface area contributed by atoms with Gasteiger partial charge in [-0.05, 0) is 56.6 Å². The first-order chi connectivity index (χ1) is 13.5. The Labute approximate surface area is 163 Å². The third-order valence-corrected chi connectivity index (χ3v) is 4.55. The van der Waals surface area contributed by atoms with Crippen LogP contribution in [0.2, 0.25) is 0 Å². The van der Waals surface area contributed by atoms with Crippen LogP contribution in [-0.2, 0) is 7.05 Å². The molecule has 4 rings (SSSR count). The van der Waals surface area contributed by atoms with Crippen molar-refractivity contribution in [3.05, 3.63) is 89.2 Å². The molecule has 0 unspecified atom stereocenters. The predicted molar refractivity (Wildman–Crippen MR) is 116 cm³/mol. The molecule has 2 aromatic heterocycles. The van der Waals surface area contributed by atoms with E-state index >= 15 is 0 Å². The lowest BCUT2D eigenvalue weighted by atomic mass is 10.1. The van der Waals surface area contributed by atoms with Crippen molar-refractivity contribution < 1.29 is 4.79 Å². The van der Waals surface area contributed by atoms with Gasteiger partial charge in [-0.3, -0.25) is 14.2 Å². The summed E-state index contributed by atoms with van der Waals surface area (Å²) in [6.07, 6.45) is 1.28. The summed E-state index contributed by atoms with van der Waals surface area (Å²) >= 11 is 0. The fraction of sp³-hybridized carbons (Fsp3) is 0.130. The van der Waals surface area contributed by atoms with Gasteiger partial charge in [-0.15, -0.1) is 0 Å². The van der Waals surface area contributed by atoms with Gasteiger partial charge in [-0.2, -0.15) is 0 Å². The lowest BCUT2D eigenvalue weighted by Crippen LogP contribution is -2.17. The standard InChI is InChI=1S/C21H16N2O2.C2H7N/c1-3-19(24)14-8-10-15(11-9-14)23-20(25)13-12-18-21(23)16-6-4-5-7-17(16)22(18)2;1-3-2/h3-13H,1H2,2H3;3H,1-2H3. The molecule has 0 amide bonds. The molecule has 0 fully saturated rings. The number of pyridine rings is 1. The topological polar surface area (TPSA) is 56.0 Å². The molecule has 0 radical (unpaired) electrons. The van der Waals surface area contributed by atoms with Crippen LogP contribution in [0.5, 0.6) is 0 Å². The van der Waals surface area contributed by atoms with Gasteiger partial charge in [0.2, 0.25) is 0 Å². The highest BCUT2D eigenvalue weighted by Crippen LogP contribution is 2.28. The fourth-order valence-electron chi connectivity index (χ4n) is 3.30.